The average Bonchev–Trinajstić information content (AvgIpc) is 2.96. The Morgan fingerprint density at radius 2 is 2.12 bits per heavy atom. The monoisotopic (exact) mass is 368 g/mol. The Bertz CT molecular complexity index is 813. The van der Waals surface area contributed by atoms with Crippen LogP contribution in [0.15, 0.2) is 18.2 Å². The minimum absolute atomic E-state index is 0.00547. The molecule has 0 radical (unpaired) electrons. The Morgan fingerprint density at radius 1 is 1.38 bits per heavy atom. The molecule has 142 valence electrons. The second-order valence-corrected chi connectivity index (χ2v) is 7.07. The summed E-state index contributed by atoms with van der Waals surface area (Å²) in [6.45, 7) is 6.28. The van der Waals surface area contributed by atoms with Gasteiger partial charge in [0.2, 0.25) is 5.82 Å². The van der Waals surface area contributed by atoms with Crippen molar-refractivity contribution >= 4 is 16.9 Å². The standard InChI is InChI=1S/C18H23F3N4O/c1-10(2)25-15-7-6-12(9-14(15)24-17(25)18(19,20)21)16(26)23-13-5-4-8-22-11(13)3/h6-7,9-11,13,22H,4-5,8H2,1-3H3,(H,23,26). The summed E-state index contributed by atoms with van der Waals surface area (Å²) in [5.74, 6) is -1.23. The fourth-order valence-electron chi connectivity index (χ4n) is 3.46. The van der Waals surface area contributed by atoms with Crippen LogP contribution in [0.1, 0.15) is 55.8 Å². The lowest BCUT2D eigenvalue weighted by molar-refractivity contribution is -0.147. The summed E-state index contributed by atoms with van der Waals surface area (Å²) in [4.78, 5) is 16.3. The molecule has 1 aromatic heterocycles. The summed E-state index contributed by atoms with van der Waals surface area (Å²) in [6.07, 6.45) is -2.70. The van der Waals surface area contributed by atoms with E-state index in [1.165, 1.54) is 12.1 Å². The number of halogens is 3. The highest BCUT2D eigenvalue weighted by atomic mass is 19.4. The number of alkyl halides is 3. The van der Waals surface area contributed by atoms with Crippen molar-refractivity contribution in [1.29, 1.82) is 0 Å². The molecule has 1 aliphatic rings. The molecule has 2 atom stereocenters. The fourth-order valence-corrected chi connectivity index (χ4v) is 3.46. The molecule has 0 bridgehead atoms. The zero-order chi connectivity index (χ0) is 19.1. The van der Waals surface area contributed by atoms with Crippen molar-refractivity contribution in [2.24, 2.45) is 0 Å². The van der Waals surface area contributed by atoms with Gasteiger partial charge < -0.3 is 15.2 Å². The topological polar surface area (TPSA) is 58.9 Å². The van der Waals surface area contributed by atoms with Gasteiger partial charge in [-0.15, -0.1) is 0 Å². The number of nitrogens with one attached hydrogen (secondary N) is 2. The first-order valence-corrected chi connectivity index (χ1v) is 8.82. The van der Waals surface area contributed by atoms with Crippen LogP contribution >= 0.6 is 0 Å². The Hall–Kier alpha value is -2.09. The molecule has 1 aromatic carbocycles. The van der Waals surface area contributed by atoms with Crippen LogP contribution in [0.2, 0.25) is 0 Å². The number of imidazole rings is 1. The fraction of sp³-hybridized carbons (Fsp3) is 0.556. The van der Waals surface area contributed by atoms with Gasteiger partial charge in [0.15, 0.2) is 0 Å². The van der Waals surface area contributed by atoms with Gasteiger partial charge in [-0.25, -0.2) is 4.98 Å². The smallest absolute Gasteiger partial charge is 0.348 e. The Balaban J connectivity index is 1.93. The quantitative estimate of drug-likeness (QED) is 0.872. The first-order chi connectivity index (χ1) is 12.2. The molecule has 1 aliphatic heterocycles. The number of amides is 1. The third-order valence-corrected chi connectivity index (χ3v) is 4.80. The summed E-state index contributed by atoms with van der Waals surface area (Å²) in [5, 5.41) is 6.27. The van der Waals surface area contributed by atoms with Crippen molar-refractivity contribution in [2.75, 3.05) is 6.54 Å². The first kappa shape index (κ1) is 18.7. The lowest BCUT2D eigenvalue weighted by Gasteiger charge is -2.30. The van der Waals surface area contributed by atoms with E-state index in [9.17, 15) is 18.0 Å². The van der Waals surface area contributed by atoms with E-state index in [2.05, 4.69) is 15.6 Å². The molecule has 0 saturated carbocycles. The van der Waals surface area contributed by atoms with Gasteiger partial charge in [-0.2, -0.15) is 13.2 Å². The van der Waals surface area contributed by atoms with E-state index >= 15 is 0 Å². The third kappa shape index (κ3) is 3.56. The maximum atomic E-state index is 13.3. The molecule has 2 aromatic rings. The van der Waals surface area contributed by atoms with E-state index in [0.29, 0.717) is 11.1 Å². The lowest BCUT2D eigenvalue weighted by Crippen LogP contribution is -2.51. The molecule has 2 heterocycles. The lowest BCUT2D eigenvalue weighted by atomic mass is 9.99. The number of fused-ring (bicyclic) bond motifs is 1. The van der Waals surface area contributed by atoms with Crippen molar-refractivity contribution < 1.29 is 18.0 Å². The van der Waals surface area contributed by atoms with Crippen molar-refractivity contribution in [2.45, 2.75) is 57.9 Å². The molecule has 5 nitrogen and oxygen atoms in total. The molecule has 1 amide bonds. The van der Waals surface area contributed by atoms with E-state index < -0.39 is 18.0 Å². The minimum Gasteiger partial charge on any atom is -0.348 e. The van der Waals surface area contributed by atoms with Crippen LogP contribution in [0.3, 0.4) is 0 Å². The second kappa shape index (κ2) is 6.90. The number of piperidine rings is 1. The first-order valence-electron chi connectivity index (χ1n) is 8.82. The van der Waals surface area contributed by atoms with Crippen molar-refractivity contribution in [3.63, 3.8) is 0 Å². The van der Waals surface area contributed by atoms with E-state index in [-0.39, 0.29) is 23.5 Å². The number of nitrogens with zero attached hydrogens (tertiary/aromatic N) is 2. The number of carbonyl (C=O) groups is 1. The van der Waals surface area contributed by atoms with Gasteiger partial charge in [-0.1, -0.05) is 0 Å². The Labute approximate surface area is 150 Å². The second-order valence-electron chi connectivity index (χ2n) is 7.07. The highest BCUT2D eigenvalue weighted by Crippen LogP contribution is 2.33. The van der Waals surface area contributed by atoms with Crippen LogP contribution in [-0.4, -0.2) is 34.1 Å². The number of hydrogen-bond donors (Lipinski definition) is 2. The number of carbonyl (C=O) groups excluding carboxylic acids is 1. The molecular weight excluding hydrogens is 345 g/mol. The van der Waals surface area contributed by atoms with Crippen LogP contribution in [0.5, 0.6) is 0 Å². The van der Waals surface area contributed by atoms with Crippen LogP contribution in [0.4, 0.5) is 13.2 Å². The SMILES string of the molecule is CC1NCCCC1NC(=O)c1ccc2c(c1)nc(C(F)(F)F)n2C(C)C. The van der Waals surface area contributed by atoms with Gasteiger partial charge in [0.25, 0.3) is 5.91 Å². The largest absolute Gasteiger partial charge is 0.449 e. The normalized spacial score (nSPS) is 21.3. The molecule has 0 aliphatic carbocycles. The molecule has 1 fully saturated rings. The van der Waals surface area contributed by atoms with Crippen LogP contribution in [-0.2, 0) is 6.18 Å². The Kier molecular flexibility index (Phi) is 4.96. The van der Waals surface area contributed by atoms with E-state index in [0.717, 1.165) is 24.0 Å². The van der Waals surface area contributed by atoms with Crippen molar-refractivity contribution in [3.8, 4) is 0 Å². The van der Waals surface area contributed by atoms with Gasteiger partial charge in [-0.05, 0) is 58.4 Å². The molecule has 26 heavy (non-hydrogen) atoms. The maximum Gasteiger partial charge on any atom is 0.449 e. The summed E-state index contributed by atoms with van der Waals surface area (Å²) < 4.78 is 41.0. The zero-order valence-electron chi connectivity index (χ0n) is 15.0. The van der Waals surface area contributed by atoms with E-state index in [1.807, 2.05) is 6.92 Å². The number of hydrogen-bond acceptors (Lipinski definition) is 3. The highest BCUT2D eigenvalue weighted by Gasteiger charge is 2.38. The highest BCUT2D eigenvalue weighted by molar-refractivity contribution is 5.97. The van der Waals surface area contributed by atoms with Crippen molar-refractivity contribution in [1.82, 2.24) is 20.2 Å². The van der Waals surface area contributed by atoms with Gasteiger partial charge in [0.1, 0.15) is 0 Å². The maximum absolute atomic E-state index is 13.3. The van der Waals surface area contributed by atoms with Crippen LogP contribution < -0.4 is 10.6 Å². The van der Waals surface area contributed by atoms with Crippen LogP contribution in [0.25, 0.3) is 11.0 Å². The van der Waals surface area contributed by atoms with Gasteiger partial charge in [-0.3, -0.25) is 4.79 Å². The predicted molar refractivity (Wildman–Crippen MR) is 93.1 cm³/mol. The molecule has 8 heteroatoms. The number of rotatable bonds is 3. The summed E-state index contributed by atoms with van der Waals surface area (Å²) in [5.41, 5.74) is 0.863. The molecule has 0 spiro atoms. The summed E-state index contributed by atoms with van der Waals surface area (Å²) >= 11 is 0. The van der Waals surface area contributed by atoms with Crippen LogP contribution in [0, 0.1) is 0 Å². The van der Waals surface area contributed by atoms with E-state index in [4.69, 9.17) is 0 Å². The Morgan fingerprint density at radius 3 is 2.73 bits per heavy atom. The van der Waals surface area contributed by atoms with Gasteiger partial charge in [0.05, 0.1) is 11.0 Å². The number of benzene rings is 1. The van der Waals surface area contributed by atoms with Gasteiger partial charge >= 0.3 is 6.18 Å². The van der Waals surface area contributed by atoms with E-state index in [1.54, 1.807) is 19.9 Å². The van der Waals surface area contributed by atoms with Crippen molar-refractivity contribution in [3.05, 3.63) is 29.6 Å². The summed E-state index contributed by atoms with van der Waals surface area (Å²) in [7, 11) is 0. The molecule has 3 rings (SSSR count). The zero-order valence-corrected chi connectivity index (χ0v) is 15.0. The average molecular weight is 368 g/mol. The summed E-state index contributed by atoms with van der Waals surface area (Å²) in [6, 6.07) is 4.29. The minimum atomic E-state index is -4.55. The molecule has 2 unspecified atom stereocenters. The number of aromatic nitrogens is 2. The predicted octanol–water partition coefficient (Wildman–Crippen LogP) is 3.51. The molecule has 2 N–H and O–H groups in total. The molecule has 1 saturated heterocycles. The van der Waals surface area contributed by atoms with Gasteiger partial charge in [0, 0.05) is 23.7 Å². The molecular formula is C18H23F3N4O. The third-order valence-electron chi connectivity index (χ3n) is 4.80.